The Kier molecular flexibility index (Phi) is 2.99. The molecule has 1 aromatic rings. The fourth-order valence-electron chi connectivity index (χ4n) is 2.86. The van der Waals surface area contributed by atoms with E-state index in [-0.39, 0.29) is 11.6 Å². The number of hydrogen-bond donors (Lipinski definition) is 0. The molecule has 2 aliphatic rings. The maximum atomic E-state index is 13.6. The van der Waals surface area contributed by atoms with Gasteiger partial charge in [0.25, 0.3) is 5.91 Å². The number of nitrogens with zero attached hydrogens (tertiary/aromatic N) is 1. The van der Waals surface area contributed by atoms with Crippen molar-refractivity contribution in [2.75, 3.05) is 6.54 Å². The van der Waals surface area contributed by atoms with Crippen molar-refractivity contribution in [1.29, 1.82) is 0 Å². The zero-order valence-electron chi connectivity index (χ0n) is 10.3. The van der Waals surface area contributed by atoms with Crippen molar-refractivity contribution in [3.63, 3.8) is 0 Å². The molecule has 1 unspecified atom stereocenters. The lowest BCUT2D eigenvalue weighted by Crippen LogP contribution is -2.37. The number of amides is 1. The van der Waals surface area contributed by atoms with E-state index in [1.54, 1.807) is 4.90 Å². The lowest BCUT2D eigenvalue weighted by Gasteiger charge is -2.24. The van der Waals surface area contributed by atoms with E-state index in [1.807, 2.05) is 0 Å². The zero-order valence-corrected chi connectivity index (χ0v) is 10.3. The minimum absolute atomic E-state index is 0.139. The summed E-state index contributed by atoms with van der Waals surface area (Å²) >= 11 is 0. The van der Waals surface area contributed by atoms with Crippen LogP contribution in [0, 0.1) is 23.4 Å². The Morgan fingerprint density at radius 3 is 2.53 bits per heavy atom. The van der Waals surface area contributed by atoms with Crippen molar-refractivity contribution >= 4 is 5.91 Å². The van der Waals surface area contributed by atoms with Crippen LogP contribution >= 0.6 is 0 Å². The molecular weight excluding hydrogens is 255 g/mol. The molecule has 0 radical (unpaired) electrons. The molecule has 5 heteroatoms. The summed E-state index contributed by atoms with van der Waals surface area (Å²) in [4.78, 5) is 13.9. The summed E-state index contributed by atoms with van der Waals surface area (Å²) in [6.07, 6.45) is 3.99. The van der Waals surface area contributed by atoms with Crippen LogP contribution in [0.25, 0.3) is 0 Å². The highest BCUT2D eigenvalue weighted by atomic mass is 19.2. The van der Waals surface area contributed by atoms with E-state index < -0.39 is 23.4 Å². The van der Waals surface area contributed by atoms with Crippen molar-refractivity contribution in [1.82, 2.24) is 4.90 Å². The minimum atomic E-state index is -1.58. The van der Waals surface area contributed by atoms with Gasteiger partial charge < -0.3 is 4.90 Å². The molecule has 1 saturated heterocycles. The van der Waals surface area contributed by atoms with Gasteiger partial charge in [0, 0.05) is 12.6 Å². The summed E-state index contributed by atoms with van der Waals surface area (Å²) in [6.45, 7) is 0.568. The van der Waals surface area contributed by atoms with Crippen LogP contribution in [0.2, 0.25) is 0 Å². The van der Waals surface area contributed by atoms with Crippen LogP contribution < -0.4 is 0 Å². The number of carbonyl (C=O) groups is 1. The molecule has 1 heterocycles. The third-order valence-corrected chi connectivity index (χ3v) is 3.99. The Hall–Kier alpha value is -1.52. The van der Waals surface area contributed by atoms with E-state index in [4.69, 9.17) is 0 Å². The predicted molar refractivity (Wildman–Crippen MR) is 63.1 cm³/mol. The van der Waals surface area contributed by atoms with E-state index >= 15 is 0 Å². The molecule has 1 aliphatic heterocycles. The molecule has 102 valence electrons. The van der Waals surface area contributed by atoms with Gasteiger partial charge in [0.1, 0.15) is 0 Å². The van der Waals surface area contributed by atoms with Gasteiger partial charge in [0.15, 0.2) is 17.5 Å². The SMILES string of the molecule is O=C(c1ccc(F)c(F)c1F)N1CCCC1C1CC1. The zero-order chi connectivity index (χ0) is 13.6. The quantitative estimate of drug-likeness (QED) is 0.755. The van der Waals surface area contributed by atoms with Crippen LogP contribution in [0.4, 0.5) is 13.2 Å². The van der Waals surface area contributed by atoms with Gasteiger partial charge in [0.2, 0.25) is 0 Å². The largest absolute Gasteiger partial charge is 0.335 e. The van der Waals surface area contributed by atoms with E-state index in [2.05, 4.69) is 0 Å². The van der Waals surface area contributed by atoms with E-state index in [1.165, 1.54) is 0 Å². The molecule has 3 rings (SSSR count). The highest BCUT2D eigenvalue weighted by Gasteiger charge is 2.40. The number of halogens is 3. The number of hydrogen-bond acceptors (Lipinski definition) is 1. The van der Waals surface area contributed by atoms with Crippen molar-refractivity contribution < 1.29 is 18.0 Å². The fraction of sp³-hybridized carbons (Fsp3) is 0.500. The van der Waals surface area contributed by atoms with Gasteiger partial charge in [-0.2, -0.15) is 0 Å². The Labute approximate surface area is 109 Å². The molecule has 0 bridgehead atoms. The summed E-state index contributed by atoms with van der Waals surface area (Å²) in [5.74, 6) is -4.25. The Morgan fingerprint density at radius 2 is 1.84 bits per heavy atom. The summed E-state index contributed by atoms with van der Waals surface area (Å²) in [5.41, 5.74) is -0.369. The van der Waals surface area contributed by atoms with Gasteiger partial charge in [-0.25, -0.2) is 13.2 Å². The normalized spacial score (nSPS) is 22.9. The average molecular weight is 269 g/mol. The topological polar surface area (TPSA) is 20.3 Å². The van der Waals surface area contributed by atoms with Crippen LogP contribution in [-0.2, 0) is 0 Å². The second kappa shape index (κ2) is 4.54. The molecule has 0 aromatic heterocycles. The number of rotatable bonds is 2. The van der Waals surface area contributed by atoms with Crippen LogP contribution in [-0.4, -0.2) is 23.4 Å². The van der Waals surface area contributed by atoms with Gasteiger partial charge in [-0.15, -0.1) is 0 Å². The standard InChI is InChI=1S/C14H14F3NO/c15-10-6-5-9(12(16)13(10)17)14(19)18-7-1-2-11(18)8-3-4-8/h5-6,8,11H,1-4,7H2. The van der Waals surface area contributed by atoms with Crippen molar-refractivity contribution in [2.24, 2.45) is 5.92 Å². The highest BCUT2D eigenvalue weighted by molar-refractivity contribution is 5.95. The van der Waals surface area contributed by atoms with Crippen molar-refractivity contribution in [3.05, 3.63) is 35.1 Å². The molecule has 1 amide bonds. The first-order valence-corrected chi connectivity index (χ1v) is 6.54. The van der Waals surface area contributed by atoms with Gasteiger partial charge >= 0.3 is 0 Å². The monoisotopic (exact) mass is 269 g/mol. The van der Waals surface area contributed by atoms with Crippen molar-refractivity contribution in [3.8, 4) is 0 Å². The Bertz CT molecular complexity index is 528. The lowest BCUT2D eigenvalue weighted by molar-refractivity contribution is 0.0715. The van der Waals surface area contributed by atoms with Crippen LogP contribution in [0.1, 0.15) is 36.0 Å². The van der Waals surface area contributed by atoms with Crippen LogP contribution in [0.3, 0.4) is 0 Å². The highest BCUT2D eigenvalue weighted by Crippen LogP contribution is 2.40. The molecule has 2 fully saturated rings. The molecular formula is C14H14F3NO. The first-order chi connectivity index (χ1) is 9.09. The molecule has 2 nitrogen and oxygen atoms in total. The summed E-state index contributed by atoms with van der Waals surface area (Å²) in [6, 6.07) is 1.96. The van der Waals surface area contributed by atoms with Crippen molar-refractivity contribution in [2.45, 2.75) is 31.7 Å². The summed E-state index contributed by atoms with van der Waals surface area (Å²) in [7, 11) is 0. The molecule has 1 aliphatic carbocycles. The number of benzene rings is 1. The molecule has 0 N–H and O–H groups in total. The molecule has 1 atom stereocenters. The van der Waals surface area contributed by atoms with Gasteiger partial charge in [0.05, 0.1) is 5.56 Å². The third kappa shape index (κ3) is 2.11. The number of likely N-dealkylation sites (tertiary alicyclic amines) is 1. The average Bonchev–Trinajstić information content (AvgIpc) is 3.13. The first-order valence-electron chi connectivity index (χ1n) is 6.54. The fourth-order valence-corrected chi connectivity index (χ4v) is 2.86. The van der Waals surface area contributed by atoms with Crippen LogP contribution in [0.15, 0.2) is 12.1 Å². The summed E-state index contributed by atoms with van der Waals surface area (Å²) in [5, 5.41) is 0. The van der Waals surface area contributed by atoms with E-state index in [9.17, 15) is 18.0 Å². The maximum absolute atomic E-state index is 13.6. The molecule has 0 spiro atoms. The lowest BCUT2D eigenvalue weighted by atomic mass is 10.1. The van der Waals surface area contributed by atoms with Gasteiger partial charge in [-0.05, 0) is 43.7 Å². The van der Waals surface area contributed by atoms with E-state index in [0.717, 1.165) is 37.8 Å². The number of carbonyl (C=O) groups excluding carboxylic acids is 1. The van der Waals surface area contributed by atoms with Gasteiger partial charge in [-0.3, -0.25) is 4.79 Å². The minimum Gasteiger partial charge on any atom is -0.335 e. The molecule has 1 aromatic carbocycles. The molecule has 19 heavy (non-hydrogen) atoms. The third-order valence-electron chi connectivity index (χ3n) is 3.99. The first kappa shape index (κ1) is 12.5. The second-order valence-corrected chi connectivity index (χ2v) is 5.27. The second-order valence-electron chi connectivity index (χ2n) is 5.27. The summed E-state index contributed by atoms with van der Waals surface area (Å²) < 4.78 is 39.7. The Morgan fingerprint density at radius 1 is 1.11 bits per heavy atom. The molecule has 1 saturated carbocycles. The van der Waals surface area contributed by atoms with Gasteiger partial charge in [-0.1, -0.05) is 0 Å². The smallest absolute Gasteiger partial charge is 0.257 e. The van der Waals surface area contributed by atoms with Crippen LogP contribution in [0.5, 0.6) is 0 Å². The van der Waals surface area contributed by atoms with E-state index in [0.29, 0.717) is 12.5 Å². The Balaban J connectivity index is 1.89. The maximum Gasteiger partial charge on any atom is 0.257 e. The predicted octanol–water partition coefficient (Wildman–Crippen LogP) is 3.12.